The van der Waals surface area contributed by atoms with Crippen LogP contribution < -0.4 is 5.32 Å². The second kappa shape index (κ2) is 6.23. The van der Waals surface area contributed by atoms with Gasteiger partial charge in [0.05, 0.1) is 21.9 Å². The predicted molar refractivity (Wildman–Crippen MR) is 83.6 cm³/mol. The van der Waals surface area contributed by atoms with Crippen molar-refractivity contribution in [3.63, 3.8) is 0 Å². The zero-order valence-corrected chi connectivity index (χ0v) is 13.4. The third-order valence-electron chi connectivity index (χ3n) is 3.32. The molecule has 0 atom stereocenters. The summed E-state index contributed by atoms with van der Waals surface area (Å²) < 4.78 is 24.1. The Balaban J connectivity index is 2.36. The van der Waals surface area contributed by atoms with Crippen molar-refractivity contribution in [1.29, 1.82) is 0 Å². The van der Waals surface area contributed by atoms with Crippen molar-refractivity contribution >= 4 is 21.6 Å². The molecule has 1 heterocycles. The Morgan fingerprint density at radius 2 is 1.86 bits per heavy atom. The Morgan fingerprint density at radius 1 is 1.18 bits per heavy atom. The zero-order chi connectivity index (χ0) is 16.3. The molecule has 2 rings (SSSR count). The molecule has 0 bridgehead atoms. The molecule has 0 radical (unpaired) electrons. The molecule has 2 aromatic rings. The minimum Gasteiger partial charge on any atom is -0.305 e. The molecule has 0 unspecified atom stereocenters. The Kier molecular flexibility index (Phi) is 4.56. The molecule has 1 aromatic heterocycles. The summed E-state index contributed by atoms with van der Waals surface area (Å²) in [5.41, 5.74) is 1.76. The van der Waals surface area contributed by atoms with E-state index in [4.69, 9.17) is 0 Å². The number of rotatable bonds is 4. The molecule has 6 nitrogen and oxygen atoms in total. The first-order valence-electron chi connectivity index (χ1n) is 6.79. The van der Waals surface area contributed by atoms with Crippen LogP contribution in [0.1, 0.15) is 28.5 Å². The Labute approximate surface area is 129 Å². The third kappa shape index (κ3) is 3.30. The average molecular weight is 319 g/mol. The van der Waals surface area contributed by atoms with Crippen molar-refractivity contribution < 1.29 is 13.2 Å². The molecule has 7 heteroatoms. The number of anilines is 1. The number of nitrogens with zero attached hydrogens (tertiary/aromatic N) is 2. The lowest BCUT2D eigenvalue weighted by atomic mass is 10.2. The standard InChI is InChI=1S/C15H17N3O3S/c1-4-22(20,21)13-8-6-5-7-12(13)15(19)16-14-9-10(2)11(3)17-18-14/h5-9H,4H2,1-3H3,(H,16,18,19). The summed E-state index contributed by atoms with van der Waals surface area (Å²) in [6.07, 6.45) is 0. The number of carbonyl (C=O) groups excluding carboxylic acids is 1. The summed E-state index contributed by atoms with van der Waals surface area (Å²) >= 11 is 0. The number of aryl methyl sites for hydroxylation is 2. The van der Waals surface area contributed by atoms with Crippen LogP contribution in [0.15, 0.2) is 35.2 Å². The predicted octanol–water partition coefficient (Wildman–Crippen LogP) is 2.14. The molecule has 0 aliphatic heterocycles. The van der Waals surface area contributed by atoms with E-state index in [1.54, 1.807) is 25.1 Å². The van der Waals surface area contributed by atoms with E-state index in [0.29, 0.717) is 0 Å². The van der Waals surface area contributed by atoms with E-state index in [1.807, 2.05) is 13.8 Å². The third-order valence-corrected chi connectivity index (χ3v) is 5.11. The topological polar surface area (TPSA) is 89.0 Å². The van der Waals surface area contributed by atoms with Crippen molar-refractivity contribution in [3.05, 3.63) is 47.2 Å². The number of carbonyl (C=O) groups is 1. The largest absolute Gasteiger partial charge is 0.305 e. The van der Waals surface area contributed by atoms with Gasteiger partial charge in [0.1, 0.15) is 0 Å². The number of benzene rings is 1. The Morgan fingerprint density at radius 3 is 2.50 bits per heavy atom. The van der Waals surface area contributed by atoms with Crippen LogP contribution >= 0.6 is 0 Å². The first kappa shape index (κ1) is 16.1. The van der Waals surface area contributed by atoms with Gasteiger partial charge in [0.15, 0.2) is 15.7 Å². The van der Waals surface area contributed by atoms with Gasteiger partial charge in [-0.25, -0.2) is 8.42 Å². The number of hydrogen-bond acceptors (Lipinski definition) is 5. The average Bonchev–Trinajstić information content (AvgIpc) is 2.51. The normalized spacial score (nSPS) is 11.2. The maximum absolute atomic E-state index is 12.4. The van der Waals surface area contributed by atoms with Crippen molar-refractivity contribution in [3.8, 4) is 0 Å². The van der Waals surface area contributed by atoms with Gasteiger partial charge in [0, 0.05) is 0 Å². The summed E-state index contributed by atoms with van der Waals surface area (Å²) in [5, 5.41) is 10.4. The highest BCUT2D eigenvalue weighted by atomic mass is 32.2. The van der Waals surface area contributed by atoms with Gasteiger partial charge in [-0.2, -0.15) is 5.10 Å². The second-order valence-electron chi connectivity index (χ2n) is 4.85. The molecule has 116 valence electrons. The van der Waals surface area contributed by atoms with Gasteiger partial charge in [0.25, 0.3) is 5.91 Å². The van der Waals surface area contributed by atoms with Gasteiger partial charge >= 0.3 is 0 Å². The summed E-state index contributed by atoms with van der Waals surface area (Å²) in [4.78, 5) is 12.4. The van der Waals surface area contributed by atoms with E-state index in [9.17, 15) is 13.2 Å². The highest BCUT2D eigenvalue weighted by molar-refractivity contribution is 7.91. The van der Waals surface area contributed by atoms with Gasteiger partial charge < -0.3 is 5.32 Å². The summed E-state index contributed by atoms with van der Waals surface area (Å²) in [6.45, 7) is 5.21. The highest BCUT2D eigenvalue weighted by Crippen LogP contribution is 2.18. The van der Waals surface area contributed by atoms with Crippen LogP contribution in [0.25, 0.3) is 0 Å². The van der Waals surface area contributed by atoms with Gasteiger partial charge in [-0.3, -0.25) is 4.79 Å². The summed E-state index contributed by atoms with van der Waals surface area (Å²) in [5.74, 6) is -0.303. The highest BCUT2D eigenvalue weighted by Gasteiger charge is 2.20. The monoisotopic (exact) mass is 319 g/mol. The lowest BCUT2D eigenvalue weighted by molar-refractivity contribution is 0.102. The Bertz CT molecular complexity index is 817. The second-order valence-corrected chi connectivity index (χ2v) is 7.10. The van der Waals surface area contributed by atoms with Crippen LogP contribution in [-0.2, 0) is 9.84 Å². The quantitative estimate of drug-likeness (QED) is 0.932. The number of sulfone groups is 1. The zero-order valence-electron chi connectivity index (χ0n) is 12.6. The molecule has 0 saturated heterocycles. The number of hydrogen-bond donors (Lipinski definition) is 1. The molecule has 22 heavy (non-hydrogen) atoms. The smallest absolute Gasteiger partial charge is 0.258 e. The fraction of sp³-hybridized carbons (Fsp3) is 0.267. The molecular weight excluding hydrogens is 302 g/mol. The van der Waals surface area contributed by atoms with Crippen molar-refractivity contribution in [2.24, 2.45) is 0 Å². The minimum absolute atomic E-state index is 0.0202. The van der Waals surface area contributed by atoms with E-state index in [0.717, 1.165) is 11.3 Å². The lowest BCUT2D eigenvalue weighted by Gasteiger charge is -2.10. The SMILES string of the molecule is CCS(=O)(=O)c1ccccc1C(=O)Nc1cc(C)c(C)nn1. The van der Waals surface area contributed by atoms with Gasteiger partial charge in [-0.05, 0) is 37.6 Å². The van der Waals surface area contributed by atoms with E-state index < -0.39 is 15.7 Å². The van der Waals surface area contributed by atoms with Crippen molar-refractivity contribution in [2.45, 2.75) is 25.7 Å². The molecule has 0 fully saturated rings. The molecule has 1 amide bonds. The van der Waals surface area contributed by atoms with Crippen LogP contribution in [0.4, 0.5) is 5.82 Å². The van der Waals surface area contributed by atoms with Crippen LogP contribution in [0.3, 0.4) is 0 Å². The van der Waals surface area contributed by atoms with Gasteiger partial charge in [0.2, 0.25) is 0 Å². The van der Waals surface area contributed by atoms with Crippen molar-refractivity contribution in [1.82, 2.24) is 10.2 Å². The fourth-order valence-electron chi connectivity index (χ4n) is 1.87. The van der Waals surface area contributed by atoms with E-state index >= 15 is 0 Å². The first-order chi connectivity index (χ1) is 10.3. The maximum Gasteiger partial charge on any atom is 0.258 e. The van der Waals surface area contributed by atoms with Crippen LogP contribution in [0.2, 0.25) is 0 Å². The van der Waals surface area contributed by atoms with Crippen molar-refractivity contribution in [2.75, 3.05) is 11.1 Å². The number of aromatic nitrogens is 2. The summed E-state index contributed by atoms with van der Waals surface area (Å²) in [6, 6.07) is 7.81. The molecule has 1 N–H and O–H groups in total. The number of amides is 1. The van der Waals surface area contributed by atoms with Crippen LogP contribution in [-0.4, -0.2) is 30.3 Å². The first-order valence-corrected chi connectivity index (χ1v) is 8.44. The molecule has 1 aromatic carbocycles. The number of nitrogens with one attached hydrogen (secondary N) is 1. The van der Waals surface area contributed by atoms with Crippen LogP contribution in [0, 0.1) is 13.8 Å². The van der Waals surface area contributed by atoms with E-state index in [-0.39, 0.29) is 22.0 Å². The maximum atomic E-state index is 12.4. The van der Waals surface area contributed by atoms with Gasteiger partial charge in [-0.1, -0.05) is 19.1 Å². The minimum atomic E-state index is -3.48. The summed E-state index contributed by atoms with van der Waals surface area (Å²) in [7, 11) is -3.48. The van der Waals surface area contributed by atoms with E-state index in [1.165, 1.54) is 12.1 Å². The van der Waals surface area contributed by atoms with E-state index in [2.05, 4.69) is 15.5 Å². The molecule has 0 aliphatic carbocycles. The Hall–Kier alpha value is -2.28. The molecule has 0 aliphatic rings. The molecule has 0 spiro atoms. The molecular formula is C15H17N3O3S. The van der Waals surface area contributed by atoms with Crippen LogP contribution in [0.5, 0.6) is 0 Å². The molecule has 0 saturated carbocycles. The fourth-order valence-corrected chi connectivity index (χ4v) is 2.96. The lowest BCUT2D eigenvalue weighted by Crippen LogP contribution is -2.18. The van der Waals surface area contributed by atoms with Gasteiger partial charge in [-0.15, -0.1) is 5.10 Å².